The molecular weight excluding hydrogens is 320 g/mol. The van der Waals surface area contributed by atoms with Crippen molar-refractivity contribution in [2.24, 2.45) is 11.8 Å². The summed E-state index contributed by atoms with van der Waals surface area (Å²) in [6, 6.07) is 0. The van der Waals surface area contributed by atoms with Gasteiger partial charge in [-0.05, 0) is 52.5 Å². The Bertz CT molecular complexity index is 638. The van der Waals surface area contributed by atoms with Crippen LogP contribution >= 0.6 is 0 Å². The molecule has 6 atom stereocenters. The van der Waals surface area contributed by atoms with Gasteiger partial charge in [0.25, 0.3) is 0 Å². The van der Waals surface area contributed by atoms with Gasteiger partial charge in [-0.3, -0.25) is 4.79 Å². The third-order valence-corrected chi connectivity index (χ3v) is 6.59. The van der Waals surface area contributed by atoms with Crippen molar-refractivity contribution in [3.05, 3.63) is 24.3 Å². The van der Waals surface area contributed by atoms with Crippen LogP contribution in [0.3, 0.4) is 0 Å². The number of aliphatic hydroxyl groups excluding tert-OH is 1. The van der Waals surface area contributed by atoms with Crippen LogP contribution in [0.2, 0.25) is 0 Å². The molecule has 0 amide bonds. The molecule has 1 aliphatic carbocycles. The molecule has 4 fully saturated rings. The Balaban J connectivity index is 1.63. The van der Waals surface area contributed by atoms with Crippen LogP contribution in [-0.2, 0) is 19.0 Å². The summed E-state index contributed by atoms with van der Waals surface area (Å²) in [4.78, 5) is 12.6. The van der Waals surface area contributed by atoms with Crippen molar-refractivity contribution < 1.29 is 24.1 Å². The molecule has 4 aliphatic rings. The largest absolute Gasteiger partial charge is 0.452 e. The Morgan fingerprint density at radius 2 is 2.00 bits per heavy atom. The van der Waals surface area contributed by atoms with Crippen LogP contribution in [0.15, 0.2) is 24.3 Å². The Morgan fingerprint density at radius 3 is 2.64 bits per heavy atom. The lowest BCUT2D eigenvalue weighted by Gasteiger charge is -2.31. The minimum absolute atomic E-state index is 0.00174. The van der Waals surface area contributed by atoms with Gasteiger partial charge in [0.15, 0.2) is 5.60 Å². The van der Waals surface area contributed by atoms with Gasteiger partial charge >= 0.3 is 5.97 Å². The maximum absolute atomic E-state index is 12.6. The quantitative estimate of drug-likeness (QED) is 0.482. The molecule has 0 aromatic rings. The van der Waals surface area contributed by atoms with Crippen molar-refractivity contribution in [3.8, 4) is 0 Å². The Hall–Kier alpha value is -1.17. The molecule has 1 N–H and O–H groups in total. The van der Waals surface area contributed by atoms with Gasteiger partial charge < -0.3 is 19.3 Å². The van der Waals surface area contributed by atoms with E-state index in [9.17, 15) is 9.90 Å². The zero-order chi connectivity index (χ0) is 18.0. The maximum Gasteiger partial charge on any atom is 0.314 e. The third-order valence-electron chi connectivity index (χ3n) is 6.59. The number of hydrogen-bond acceptors (Lipinski definition) is 5. The van der Waals surface area contributed by atoms with Gasteiger partial charge in [0.2, 0.25) is 0 Å². The topological polar surface area (TPSA) is 71.6 Å². The molecule has 138 valence electrons. The molecular formula is C20H28O5. The van der Waals surface area contributed by atoms with Crippen molar-refractivity contribution in [3.63, 3.8) is 0 Å². The summed E-state index contributed by atoms with van der Waals surface area (Å²) in [6.07, 6.45) is 7.35. The van der Waals surface area contributed by atoms with Crippen LogP contribution in [0.25, 0.3) is 0 Å². The molecule has 3 aliphatic heterocycles. The van der Waals surface area contributed by atoms with E-state index in [0.717, 1.165) is 31.3 Å². The van der Waals surface area contributed by atoms with E-state index < -0.39 is 5.60 Å². The van der Waals surface area contributed by atoms with E-state index in [1.807, 2.05) is 26.0 Å². The van der Waals surface area contributed by atoms with Crippen molar-refractivity contribution in [1.82, 2.24) is 0 Å². The highest BCUT2D eigenvalue weighted by atomic mass is 16.6. The first kappa shape index (κ1) is 17.3. The number of carbonyl (C=O) groups is 1. The van der Waals surface area contributed by atoms with Crippen LogP contribution in [0, 0.1) is 11.8 Å². The van der Waals surface area contributed by atoms with Crippen LogP contribution in [0.5, 0.6) is 0 Å². The Kier molecular flexibility index (Phi) is 3.74. The summed E-state index contributed by atoms with van der Waals surface area (Å²) in [5, 5.41) is 10.2. The predicted octanol–water partition coefficient (Wildman–Crippen LogP) is 2.53. The molecule has 0 aromatic carbocycles. The molecule has 1 unspecified atom stereocenters. The van der Waals surface area contributed by atoms with E-state index in [1.54, 1.807) is 0 Å². The molecule has 5 heteroatoms. The van der Waals surface area contributed by atoms with Gasteiger partial charge in [-0.2, -0.15) is 0 Å². The summed E-state index contributed by atoms with van der Waals surface area (Å²) >= 11 is 0. The number of cyclic esters (lactones) is 1. The SMILES string of the molecule is C=C1CC[C@@H]2O[C@@]2(C)CC[C@H]2[C@H]1C(=O)O[C@@]2(/C=C/C1OC1(C)C)CO. The van der Waals surface area contributed by atoms with Crippen LogP contribution in [-0.4, -0.2) is 46.7 Å². The zero-order valence-electron chi connectivity index (χ0n) is 15.3. The van der Waals surface area contributed by atoms with Crippen molar-refractivity contribution in [2.45, 2.75) is 75.5 Å². The average Bonchev–Trinajstić information content (AvgIpc) is 3.35. The van der Waals surface area contributed by atoms with E-state index >= 15 is 0 Å². The fourth-order valence-electron chi connectivity index (χ4n) is 4.60. The lowest BCUT2D eigenvalue weighted by molar-refractivity contribution is -0.149. The highest BCUT2D eigenvalue weighted by molar-refractivity contribution is 5.79. The number of ether oxygens (including phenoxy) is 3. The molecule has 0 spiro atoms. The number of hydrogen-bond donors (Lipinski definition) is 1. The summed E-state index contributed by atoms with van der Waals surface area (Å²) in [5.74, 6) is -0.715. The van der Waals surface area contributed by atoms with Crippen molar-refractivity contribution in [1.29, 1.82) is 0 Å². The van der Waals surface area contributed by atoms with Gasteiger partial charge in [-0.25, -0.2) is 0 Å². The summed E-state index contributed by atoms with van der Waals surface area (Å²) in [7, 11) is 0. The number of fused-ring (bicyclic) bond motifs is 2. The Morgan fingerprint density at radius 1 is 1.28 bits per heavy atom. The zero-order valence-corrected chi connectivity index (χ0v) is 15.3. The molecule has 5 nitrogen and oxygen atoms in total. The summed E-state index contributed by atoms with van der Waals surface area (Å²) in [6.45, 7) is 10.1. The number of esters is 1. The molecule has 0 aromatic heterocycles. The highest BCUT2D eigenvalue weighted by Gasteiger charge is 2.59. The lowest BCUT2D eigenvalue weighted by Crippen LogP contribution is -2.39. The number of epoxide rings is 2. The fourth-order valence-corrected chi connectivity index (χ4v) is 4.60. The van der Waals surface area contributed by atoms with E-state index in [1.165, 1.54) is 0 Å². The first-order chi connectivity index (χ1) is 11.7. The van der Waals surface area contributed by atoms with Gasteiger partial charge in [-0.1, -0.05) is 18.2 Å². The minimum Gasteiger partial charge on any atom is -0.452 e. The van der Waals surface area contributed by atoms with E-state index in [2.05, 4.69) is 13.5 Å². The second kappa shape index (κ2) is 5.41. The van der Waals surface area contributed by atoms with Crippen LogP contribution in [0.1, 0.15) is 46.5 Å². The smallest absolute Gasteiger partial charge is 0.314 e. The van der Waals surface area contributed by atoms with Crippen molar-refractivity contribution >= 4 is 5.97 Å². The van der Waals surface area contributed by atoms with E-state index in [0.29, 0.717) is 0 Å². The van der Waals surface area contributed by atoms with Crippen LogP contribution in [0.4, 0.5) is 0 Å². The van der Waals surface area contributed by atoms with Gasteiger partial charge in [0, 0.05) is 5.92 Å². The average molecular weight is 348 g/mol. The predicted molar refractivity (Wildman–Crippen MR) is 91.9 cm³/mol. The second-order valence-corrected chi connectivity index (χ2v) is 8.77. The van der Waals surface area contributed by atoms with Gasteiger partial charge in [-0.15, -0.1) is 0 Å². The molecule has 3 heterocycles. The first-order valence-electron chi connectivity index (χ1n) is 9.27. The maximum atomic E-state index is 12.6. The van der Waals surface area contributed by atoms with Gasteiger partial charge in [0.1, 0.15) is 6.10 Å². The molecule has 4 rings (SSSR count). The van der Waals surface area contributed by atoms with Crippen LogP contribution < -0.4 is 0 Å². The molecule has 0 radical (unpaired) electrons. The summed E-state index contributed by atoms with van der Waals surface area (Å²) in [5.41, 5.74) is -0.369. The summed E-state index contributed by atoms with van der Waals surface area (Å²) < 4.78 is 17.2. The number of rotatable bonds is 3. The monoisotopic (exact) mass is 348 g/mol. The molecule has 3 saturated heterocycles. The number of carbonyl (C=O) groups excluding carboxylic acids is 1. The normalized spacial score (nSPS) is 48.2. The standard InChI is InChI=1S/C20H28O5/c1-12-5-6-15-19(4,24-15)9-7-13-16(12)17(22)25-20(13,11-21)10-8-14-18(2,3)23-14/h8,10,13-16,21H,1,5-7,9,11H2,2-4H3/b10-8+/t13-,14?,15-,16-,19-,20-/m0/s1. The third kappa shape index (κ3) is 2.77. The van der Waals surface area contributed by atoms with E-state index in [4.69, 9.17) is 14.2 Å². The highest BCUT2D eigenvalue weighted by Crippen LogP contribution is 2.52. The fraction of sp³-hybridized carbons (Fsp3) is 0.750. The number of aliphatic hydroxyl groups is 1. The van der Waals surface area contributed by atoms with E-state index in [-0.39, 0.29) is 47.8 Å². The van der Waals surface area contributed by atoms with Gasteiger partial charge in [0.05, 0.1) is 29.8 Å². The molecule has 0 bridgehead atoms. The first-order valence-corrected chi connectivity index (χ1v) is 9.27. The van der Waals surface area contributed by atoms with Crippen molar-refractivity contribution in [2.75, 3.05) is 6.61 Å². The molecule has 25 heavy (non-hydrogen) atoms. The molecule has 1 saturated carbocycles. The minimum atomic E-state index is -0.988. The lowest BCUT2D eigenvalue weighted by atomic mass is 9.74. The second-order valence-electron chi connectivity index (χ2n) is 8.77. The Labute approximate surface area is 149 Å².